The van der Waals surface area contributed by atoms with Crippen LogP contribution in [0, 0.1) is 17.8 Å². The summed E-state index contributed by atoms with van der Waals surface area (Å²) in [5.41, 5.74) is 0. The molecule has 168 valence electrons. The van der Waals surface area contributed by atoms with Crippen LogP contribution in [0.25, 0.3) is 0 Å². The minimum atomic E-state index is -5.15. The first-order valence-corrected chi connectivity index (χ1v) is 11.9. The molecule has 0 rings (SSSR count). The summed E-state index contributed by atoms with van der Waals surface area (Å²) < 4.78 is 32.0. The van der Waals surface area contributed by atoms with Crippen LogP contribution < -0.4 is 0 Å². The molecule has 4 unspecified atom stereocenters. The Balaban J connectivity index is 0. The molecule has 0 aliphatic rings. The van der Waals surface area contributed by atoms with E-state index in [1.54, 1.807) is 0 Å². The van der Waals surface area contributed by atoms with Crippen molar-refractivity contribution in [3.05, 3.63) is 0 Å². The Labute approximate surface area is 198 Å². The van der Waals surface area contributed by atoms with E-state index >= 15 is 0 Å². The number of carbonyl (C=O) groups is 2. The Morgan fingerprint density at radius 3 is 1.66 bits per heavy atom. The molecule has 0 saturated heterocycles. The standard InChI is InChI=1S/C20H38O7S.Na.H/c1-5-9-11-15(7-3)13-17(18(21)22)20(19(23)24,28(25,26)27)14-16(8-4)12-10-6-2;;/h15-17H,5-14H2,1-4H3,(H,21,22)(H,23,24)(H,25,26,27);;. The second kappa shape index (κ2) is 14.8. The van der Waals surface area contributed by atoms with Crippen LogP contribution in [0.1, 0.15) is 91.9 Å². The molecule has 0 amide bonds. The third-order valence-electron chi connectivity index (χ3n) is 5.93. The van der Waals surface area contributed by atoms with E-state index in [1.807, 2.05) is 27.7 Å². The second-order valence-electron chi connectivity index (χ2n) is 7.83. The van der Waals surface area contributed by atoms with Gasteiger partial charge in [-0.2, -0.15) is 8.42 Å². The monoisotopic (exact) mass is 446 g/mol. The van der Waals surface area contributed by atoms with Gasteiger partial charge in [0.25, 0.3) is 10.1 Å². The first-order chi connectivity index (χ1) is 13.0. The number of carboxylic acids is 2. The van der Waals surface area contributed by atoms with Gasteiger partial charge in [-0.25, -0.2) is 0 Å². The molecule has 0 aromatic heterocycles. The maximum atomic E-state index is 12.4. The van der Waals surface area contributed by atoms with Crippen molar-refractivity contribution < 1.29 is 32.8 Å². The van der Waals surface area contributed by atoms with Crippen molar-refractivity contribution in [2.75, 3.05) is 0 Å². The summed E-state index contributed by atoms with van der Waals surface area (Å²) in [5, 5.41) is 19.7. The van der Waals surface area contributed by atoms with Crippen LogP contribution >= 0.6 is 0 Å². The molecular formula is C20H39NaO7S. The average Bonchev–Trinajstić information content (AvgIpc) is 2.61. The summed E-state index contributed by atoms with van der Waals surface area (Å²) in [4.78, 5) is 24.3. The third-order valence-corrected chi connectivity index (χ3v) is 7.48. The van der Waals surface area contributed by atoms with Crippen molar-refractivity contribution in [3.8, 4) is 0 Å². The topological polar surface area (TPSA) is 129 Å². The summed E-state index contributed by atoms with van der Waals surface area (Å²) in [7, 11) is -5.15. The van der Waals surface area contributed by atoms with Crippen LogP contribution in [0.5, 0.6) is 0 Å². The Bertz CT molecular complexity index is 594. The average molecular weight is 447 g/mol. The van der Waals surface area contributed by atoms with Gasteiger partial charge in [0.05, 0.1) is 5.92 Å². The zero-order chi connectivity index (χ0) is 22.0. The van der Waals surface area contributed by atoms with E-state index in [1.165, 1.54) is 0 Å². The molecule has 7 nitrogen and oxygen atoms in total. The van der Waals surface area contributed by atoms with Crippen LogP contribution in [0.4, 0.5) is 0 Å². The summed E-state index contributed by atoms with van der Waals surface area (Å²) in [6.07, 6.45) is 5.37. The first-order valence-electron chi connectivity index (χ1n) is 10.4. The molecule has 0 heterocycles. The first kappa shape index (κ1) is 31.0. The Morgan fingerprint density at radius 1 is 0.897 bits per heavy atom. The van der Waals surface area contributed by atoms with Gasteiger partial charge in [-0.05, 0) is 24.7 Å². The molecule has 29 heavy (non-hydrogen) atoms. The molecular weight excluding hydrogens is 407 g/mol. The summed E-state index contributed by atoms with van der Waals surface area (Å²) >= 11 is 0. The van der Waals surface area contributed by atoms with Gasteiger partial charge in [-0.3, -0.25) is 14.1 Å². The molecule has 4 atom stereocenters. The van der Waals surface area contributed by atoms with E-state index in [0.717, 1.165) is 25.7 Å². The van der Waals surface area contributed by atoms with E-state index in [0.29, 0.717) is 25.7 Å². The molecule has 0 aromatic carbocycles. The number of carboxylic acid groups (broad SMARTS) is 2. The fraction of sp³-hybridized carbons (Fsp3) is 0.900. The van der Waals surface area contributed by atoms with Crippen LogP contribution in [0.3, 0.4) is 0 Å². The van der Waals surface area contributed by atoms with Gasteiger partial charge in [-0.1, -0.05) is 79.1 Å². The van der Waals surface area contributed by atoms with Crippen molar-refractivity contribution >= 4 is 51.6 Å². The van der Waals surface area contributed by atoms with Crippen molar-refractivity contribution in [3.63, 3.8) is 0 Å². The predicted octanol–water partition coefficient (Wildman–Crippen LogP) is 3.96. The molecule has 0 fully saturated rings. The summed E-state index contributed by atoms with van der Waals surface area (Å²) in [6, 6.07) is 0. The second-order valence-corrected chi connectivity index (χ2v) is 9.51. The zero-order valence-electron chi connectivity index (χ0n) is 17.7. The van der Waals surface area contributed by atoms with Crippen molar-refractivity contribution in [2.24, 2.45) is 17.8 Å². The van der Waals surface area contributed by atoms with E-state index < -0.39 is 39.1 Å². The van der Waals surface area contributed by atoms with Gasteiger partial charge in [0.15, 0.2) is 0 Å². The van der Waals surface area contributed by atoms with Gasteiger partial charge >= 0.3 is 41.5 Å². The van der Waals surface area contributed by atoms with E-state index in [9.17, 15) is 32.8 Å². The van der Waals surface area contributed by atoms with E-state index in [4.69, 9.17) is 0 Å². The normalized spacial score (nSPS) is 16.9. The van der Waals surface area contributed by atoms with Crippen molar-refractivity contribution in [2.45, 2.75) is 96.7 Å². The number of unbranched alkanes of at least 4 members (excludes halogenated alkanes) is 2. The molecule has 9 heteroatoms. The zero-order valence-corrected chi connectivity index (χ0v) is 18.5. The SMILES string of the molecule is CCCCC(CC)CC(C(=O)O)C(CC(CC)CCCC)(C(=O)O)S(=O)(=O)O.[NaH]. The number of aliphatic carboxylic acids is 2. The number of hydrogen-bond acceptors (Lipinski definition) is 4. The molecule has 0 aromatic rings. The van der Waals surface area contributed by atoms with Gasteiger partial charge in [0.1, 0.15) is 0 Å². The molecule has 0 aliphatic carbocycles. The van der Waals surface area contributed by atoms with Crippen molar-refractivity contribution in [1.82, 2.24) is 0 Å². The van der Waals surface area contributed by atoms with Crippen molar-refractivity contribution in [1.29, 1.82) is 0 Å². The molecule has 0 aliphatic heterocycles. The van der Waals surface area contributed by atoms with Gasteiger partial charge in [-0.15, -0.1) is 0 Å². The van der Waals surface area contributed by atoms with Crippen LogP contribution in [0.15, 0.2) is 0 Å². The molecule has 0 spiro atoms. The van der Waals surface area contributed by atoms with Gasteiger partial charge in [0, 0.05) is 0 Å². The van der Waals surface area contributed by atoms with E-state index in [-0.39, 0.29) is 47.8 Å². The quantitative estimate of drug-likeness (QED) is 0.242. The minimum absolute atomic E-state index is 0. The Kier molecular flexibility index (Phi) is 15.8. The van der Waals surface area contributed by atoms with Crippen LogP contribution in [-0.2, 0) is 19.7 Å². The summed E-state index contributed by atoms with van der Waals surface area (Å²) in [5.74, 6) is -5.37. The fourth-order valence-electron chi connectivity index (χ4n) is 3.95. The predicted molar refractivity (Wildman–Crippen MR) is 116 cm³/mol. The maximum absolute atomic E-state index is 12.4. The third kappa shape index (κ3) is 8.85. The Morgan fingerprint density at radius 2 is 1.34 bits per heavy atom. The molecule has 0 radical (unpaired) electrons. The molecule has 0 bridgehead atoms. The van der Waals surface area contributed by atoms with E-state index in [2.05, 4.69) is 0 Å². The van der Waals surface area contributed by atoms with Crippen LogP contribution in [0.2, 0.25) is 0 Å². The Hall–Kier alpha value is -0.150. The molecule has 0 saturated carbocycles. The summed E-state index contributed by atoms with van der Waals surface area (Å²) in [6.45, 7) is 7.67. The van der Waals surface area contributed by atoms with Gasteiger partial charge in [0.2, 0.25) is 4.75 Å². The fourth-order valence-corrected chi connectivity index (χ4v) is 5.18. The number of hydrogen-bond donors (Lipinski definition) is 3. The van der Waals surface area contributed by atoms with Gasteiger partial charge < -0.3 is 10.2 Å². The molecule has 3 N–H and O–H groups in total. The number of rotatable bonds is 16. The van der Waals surface area contributed by atoms with Crippen LogP contribution in [-0.4, -0.2) is 69.4 Å².